The summed E-state index contributed by atoms with van der Waals surface area (Å²) in [7, 11) is 0. The summed E-state index contributed by atoms with van der Waals surface area (Å²) in [5.41, 5.74) is 0.478. The van der Waals surface area contributed by atoms with Crippen LogP contribution in [0.4, 0.5) is 0 Å². The van der Waals surface area contributed by atoms with E-state index in [4.69, 9.17) is 11.6 Å². The molecule has 3 rings (SSSR count). The first kappa shape index (κ1) is 13.2. The molecule has 0 spiro atoms. The summed E-state index contributed by atoms with van der Waals surface area (Å²) in [6, 6.07) is 14.2. The van der Waals surface area contributed by atoms with E-state index in [-0.39, 0.29) is 5.92 Å². The van der Waals surface area contributed by atoms with Gasteiger partial charge in [-0.3, -0.25) is 0 Å². The van der Waals surface area contributed by atoms with Gasteiger partial charge in [0.05, 0.1) is 4.34 Å². The predicted molar refractivity (Wildman–Crippen MR) is 80.9 cm³/mol. The molecule has 1 heterocycles. The van der Waals surface area contributed by atoms with Crippen LogP contribution in [-0.4, -0.2) is 5.11 Å². The molecule has 1 saturated carbocycles. The molecule has 100 valence electrons. The minimum Gasteiger partial charge on any atom is -0.384 e. The molecule has 19 heavy (non-hydrogen) atoms. The SMILES string of the molecule is OC1(c2ccc(Cl)s2)CCCCC1c1ccccc1. The van der Waals surface area contributed by atoms with Gasteiger partial charge < -0.3 is 5.11 Å². The molecule has 1 fully saturated rings. The fourth-order valence-corrected chi connectivity index (χ4v) is 4.34. The van der Waals surface area contributed by atoms with Gasteiger partial charge in [0, 0.05) is 10.8 Å². The van der Waals surface area contributed by atoms with Crippen LogP contribution in [0.1, 0.15) is 42.0 Å². The van der Waals surface area contributed by atoms with Gasteiger partial charge in [0.25, 0.3) is 0 Å². The highest BCUT2D eigenvalue weighted by Crippen LogP contribution is 2.49. The molecule has 3 heteroatoms. The maximum Gasteiger partial charge on any atom is 0.106 e. The Balaban J connectivity index is 2.01. The molecular weight excluding hydrogens is 276 g/mol. The smallest absolute Gasteiger partial charge is 0.106 e. The molecule has 2 aromatic rings. The lowest BCUT2D eigenvalue weighted by Crippen LogP contribution is -2.35. The molecule has 1 aromatic carbocycles. The maximum absolute atomic E-state index is 11.2. The number of aliphatic hydroxyl groups is 1. The van der Waals surface area contributed by atoms with Crippen LogP contribution in [0, 0.1) is 0 Å². The summed E-state index contributed by atoms with van der Waals surface area (Å²) in [6.07, 6.45) is 4.12. The second kappa shape index (κ2) is 5.28. The minimum absolute atomic E-state index is 0.178. The second-order valence-electron chi connectivity index (χ2n) is 5.24. The van der Waals surface area contributed by atoms with E-state index in [2.05, 4.69) is 12.1 Å². The standard InChI is InChI=1S/C16H17ClOS/c17-15-10-9-14(19-15)16(18)11-5-4-8-13(16)12-6-2-1-3-7-12/h1-3,6-7,9-10,13,18H,4-5,8,11H2. The highest BCUT2D eigenvalue weighted by molar-refractivity contribution is 7.16. The van der Waals surface area contributed by atoms with Gasteiger partial charge in [-0.2, -0.15) is 0 Å². The lowest BCUT2D eigenvalue weighted by Gasteiger charge is -2.39. The first-order chi connectivity index (χ1) is 9.20. The third kappa shape index (κ3) is 2.45. The fourth-order valence-electron chi connectivity index (χ4n) is 3.13. The molecule has 0 aliphatic heterocycles. The highest BCUT2D eigenvalue weighted by Gasteiger charge is 2.42. The van der Waals surface area contributed by atoms with Crippen LogP contribution in [0.3, 0.4) is 0 Å². The summed E-state index contributed by atoms with van der Waals surface area (Å²) < 4.78 is 0.751. The minimum atomic E-state index is -0.753. The van der Waals surface area contributed by atoms with Crippen molar-refractivity contribution in [2.75, 3.05) is 0 Å². The summed E-state index contributed by atoms with van der Waals surface area (Å²) >= 11 is 7.55. The van der Waals surface area contributed by atoms with Crippen molar-refractivity contribution in [1.29, 1.82) is 0 Å². The van der Waals surface area contributed by atoms with Crippen molar-refractivity contribution in [1.82, 2.24) is 0 Å². The molecular formula is C16H17ClOS. The number of hydrogen-bond donors (Lipinski definition) is 1. The molecule has 1 aliphatic rings. The average molecular weight is 293 g/mol. The third-order valence-electron chi connectivity index (χ3n) is 4.08. The summed E-state index contributed by atoms with van der Waals surface area (Å²) in [4.78, 5) is 1.01. The Bertz CT molecular complexity index is 551. The van der Waals surface area contributed by atoms with E-state index in [0.717, 1.165) is 28.5 Å². The van der Waals surface area contributed by atoms with E-state index in [1.807, 2.05) is 30.3 Å². The number of hydrogen-bond acceptors (Lipinski definition) is 2. The number of benzene rings is 1. The zero-order chi connectivity index (χ0) is 13.3. The first-order valence-electron chi connectivity index (χ1n) is 6.73. The lowest BCUT2D eigenvalue weighted by molar-refractivity contribution is -0.0191. The average Bonchev–Trinajstić information content (AvgIpc) is 2.88. The van der Waals surface area contributed by atoms with Crippen LogP contribution in [0.5, 0.6) is 0 Å². The predicted octanol–water partition coefficient (Wildman–Crippen LogP) is 4.95. The molecule has 1 aromatic heterocycles. The van der Waals surface area contributed by atoms with Gasteiger partial charge in [0.15, 0.2) is 0 Å². The molecule has 1 aliphatic carbocycles. The molecule has 0 amide bonds. The van der Waals surface area contributed by atoms with Crippen LogP contribution in [0.2, 0.25) is 4.34 Å². The van der Waals surface area contributed by atoms with Gasteiger partial charge in [-0.1, -0.05) is 54.8 Å². The van der Waals surface area contributed by atoms with E-state index in [0.29, 0.717) is 0 Å². The van der Waals surface area contributed by atoms with E-state index < -0.39 is 5.60 Å². The second-order valence-corrected chi connectivity index (χ2v) is 6.95. The van der Waals surface area contributed by atoms with E-state index >= 15 is 0 Å². The Hall–Kier alpha value is -0.830. The molecule has 0 bridgehead atoms. The molecule has 2 atom stereocenters. The van der Waals surface area contributed by atoms with Crippen LogP contribution >= 0.6 is 22.9 Å². The summed E-state index contributed by atoms with van der Waals surface area (Å²) in [6.45, 7) is 0. The monoisotopic (exact) mass is 292 g/mol. The Labute approximate surface area is 122 Å². The zero-order valence-corrected chi connectivity index (χ0v) is 12.3. The van der Waals surface area contributed by atoms with Gasteiger partial charge >= 0.3 is 0 Å². The van der Waals surface area contributed by atoms with Crippen LogP contribution in [-0.2, 0) is 5.60 Å². The molecule has 2 unspecified atom stereocenters. The Morgan fingerprint density at radius 2 is 1.89 bits per heavy atom. The van der Waals surface area contributed by atoms with Crippen LogP contribution < -0.4 is 0 Å². The van der Waals surface area contributed by atoms with Crippen LogP contribution in [0.25, 0.3) is 0 Å². The van der Waals surface area contributed by atoms with Crippen molar-refractivity contribution in [3.8, 4) is 0 Å². The van der Waals surface area contributed by atoms with Gasteiger partial charge in [-0.25, -0.2) is 0 Å². The molecule has 0 radical (unpaired) electrons. The van der Waals surface area contributed by atoms with E-state index in [1.54, 1.807) is 0 Å². The lowest BCUT2D eigenvalue weighted by atomic mass is 9.71. The van der Waals surface area contributed by atoms with Gasteiger partial charge in [-0.05, 0) is 30.5 Å². The van der Waals surface area contributed by atoms with Crippen molar-refractivity contribution in [2.24, 2.45) is 0 Å². The van der Waals surface area contributed by atoms with Crippen molar-refractivity contribution in [3.63, 3.8) is 0 Å². The topological polar surface area (TPSA) is 20.2 Å². The highest BCUT2D eigenvalue weighted by atomic mass is 35.5. The number of halogens is 1. The van der Waals surface area contributed by atoms with Crippen molar-refractivity contribution >= 4 is 22.9 Å². The normalized spacial score (nSPS) is 27.4. The first-order valence-corrected chi connectivity index (χ1v) is 7.93. The molecule has 0 saturated heterocycles. The van der Waals surface area contributed by atoms with E-state index in [1.165, 1.54) is 23.3 Å². The molecule has 1 nitrogen and oxygen atoms in total. The van der Waals surface area contributed by atoms with E-state index in [9.17, 15) is 5.11 Å². The van der Waals surface area contributed by atoms with Crippen molar-refractivity contribution in [2.45, 2.75) is 37.2 Å². The summed E-state index contributed by atoms with van der Waals surface area (Å²) in [5, 5.41) is 11.2. The Morgan fingerprint density at radius 3 is 2.58 bits per heavy atom. The van der Waals surface area contributed by atoms with Crippen molar-refractivity contribution in [3.05, 3.63) is 57.2 Å². The van der Waals surface area contributed by atoms with Gasteiger partial charge in [-0.15, -0.1) is 11.3 Å². The van der Waals surface area contributed by atoms with Gasteiger partial charge in [0.2, 0.25) is 0 Å². The Morgan fingerprint density at radius 1 is 1.11 bits per heavy atom. The number of thiophene rings is 1. The largest absolute Gasteiger partial charge is 0.384 e. The zero-order valence-electron chi connectivity index (χ0n) is 10.7. The molecule has 1 N–H and O–H groups in total. The third-order valence-corrected chi connectivity index (χ3v) is 5.48. The number of rotatable bonds is 2. The van der Waals surface area contributed by atoms with Gasteiger partial charge in [0.1, 0.15) is 5.60 Å². The van der Waals surface area contributed by atoms with Crippen LogP contribution in [0.15, 0.2) is 42.5 Å². The summed E-state index contributed by atoms with van der Waals surface area (Å²) in [5.74, 6) is 0.178. The Kier molecular flexibility index (Phi) is 3.66. The maximum atomic E-state index is 11.2. The quantitative estimate of drug-likeness (QED) is 0.830. The fraction of sp³-hybridized carbons (Fsp3) is 0.375. The van der Waals surface area contributed by atoms with Crippen molar-refractivity contribution < 1.29 is 5.11 Å².